The predicted octanol–water partition coefficient (Wildman–Crippen LogP) is 2.31. The molecule has 1 atom stereocenters. The molecule has 23 heavy (non-hydrogen) atoms. The van der Waals surface area contributed by atoms with Crippen molar-refractivity contribution in [3.8, 4) is 0 Å². The van der Waals surface area contributed by atoms with Crippen LogP contribution in [0.25, 0.3) is 10.9 Å². The summed E-state index contributed by atoms with van der Waals surface area (Å²) in [7, 11) is 1.39. The average molecular weight is 314 g/mol. The lowest BCUT2D eigenvalue weighted by Crippen LogP contribution is -2.54. The number of carbonyl (C=O) groups excluding carboxylic acids is 1. The molecule has 0 radical (unpaired) electrons. The van der Waals surface area contributed by atoms with Crippen LogP contribution in [0.3, 0.4) is 0 Å². The van der Waals surface area contributed by atoms with Gasteiger partial charge in [0.25, 0.3) is 0 Å². The van der Waals surface area contributed by atoms with Gasteiger partial charge in [-0.15, -0.1) is 0 Å². The van der Waals surface area contributed by atoms with E-state index in [2.05, 4.69) is 30.0 Å². The number of nitrogens with zero attached hydrogens (tertiary/aromatic N) is 2. The number of carbonyl (C=O) groups is 1. The van der Waals surface area contributed by atoms with E-state index in [1.165, 1.54) is 12.7 Å². The highest BCUT2D eigenvalue weighted by Crippen LogP contribution is 2.21. The molecule has 3 rings (SSSR count). The summed E-state index contributed by atoms with van der Waals surface area (Å²) in [6.45, 7) is 6.35. The van der Waals surface area contributed by atoms with Gasteiger partial charge in [-0.05, 0) is 32.0 Å². The summed E-state index contributed by atoms with van der Waals surface area (Å²) in [4.78, 5) is 18.8. The molecule has 0 spiro atoms. The minimum absolute atomic E-state index is 0.329. The van der Waals surface area contributed by atoms with E-state index in [4.69, 9.17) is 14.5 Å². The molecule has 0 aliphatic carbocycles. The summed E-state index contributed by atoms with van der Waals surface area (Å²) >= 11 is 0. The Balaban J connectivity index is 1.76. The SMILES string of the molecule is COC(=O)C1(C)CN(Cc2ccc3cc(C)ccc3n2)CCO1. The van der Waals surface area contributed by atoms with Gasteiger partial charge in [0.2, 0.25) is 0 Å². The number of ether oxygens (including phenoxy) is 2. The van der Waals surface area contributed by atoms with Gasteiger partial charge in [0.05, 0.1) is 24.9 Å². The summed E-state index contributed by atoms with van der Waals surface area (Å²) in [6, 6.07) is 10.4. The Morgan fingerprint density at radius 3 is 3.00 bits per heavy atom. The minimum atomic E-state index is -0.902. The molecule has 5 heteroatoms. The van der Waals surface area contributed by atoms with Crippen molar-refractivity contribution < 1.29 is 14.3 Å². The zero-order valence-corrected chi connectivity index (χ0v) is 13.8. The van der Waals surface area contributed by atoms with Crippen LogP contribution in [0.4, 0.5) is 0 Å². The van der Waals surface area contributed by atoms with Gasteiger partial charge >= 0.3 is 5.97 Å². The first-order chi connectivity index (χ1) is 11.0. The quantitative estimate of drug-likeness (QED) is 0.814. The van der Waals surface area contributed by atoms with Crippen molar-refractivity contribution in [2.45, 2.75) is 26.0 Å². The zero-order valence-electron chi connectivity index (χ0n) is 13.8. The Labute approximate surface area is 136 Å². The lowest BCUT2D eigenvalue weighted by molar-refractivity contribution is -0.178. The first kappa shape index (κ1) is 15.9. The molecule has 0 saturated carbocycles. The molecular formula is C18H22N2O3. The molecule has 1 aromatic heterocycles. The molecule has 5 nitrogen and oxygen atoms in total. The Kier molecular flexibility index (Phi) is 4.33. The highest BCUT2D eigenvalue weighted by Gasteiger charge is 2.40. The van der Waals surface area contributed by atoms with Crippen molar-refractivity contribution >= 4 is 16.9 Å². The van der Waals surface area contributed by atoms with Crippen LogP contribution < -0.4 is 0 Å². The van der Waals surface area contributed by atoms with Crippen LogP contribution in [0.5, 0.6) is 0 Å². The molecule has 0 N–H and O–H groups in total. The van der Waals surface area contributed by atoms with Crippen LogP contribution in [0.2, 0.25) is 0 Å². The standard InChI is InChI=1S/C18H22N2O3/c1-13-4-7-16-14(10-13)5-6-15(19-16)11-20-8-9-23-18(2,12-20)17(21)22-3/h4-7,10H,8-9,11-12H2,1-3H3. The minimum Gasteiger partial charge on any atom is -0.467 e. The number of pyridine rings is 1. The third-order valence-corrected chi connectivity index (χ3v) is 4.26. The van der Waals surface area contributed by atoms with E-state index >= 15 is 0 Å². The fraction of sp³-hybridized carbons (Fsp3) is 0.444. The Morgan fingerprint density at radius 1 is 1.39 bits per heavy atom. The topological polar surface area (TPSA) is 51.7 Å². The number of benzene rings is 1. The lowest BCUT2D eigenvalue weighted by Gasteiger charge is -2.38. The Morgan fingerprint density at radius 2 is 2.22 bits per heavy atom. The molecule has 1 aliphatic rings. The maximum absolute atomic E-state index is 11.9. The van der Waals surface area contributed by atoms with Gasteiger partial charge in [0, 0.05) is 25.0 Å². The first-order valence-corrected chi connectivity index (χ1v) is 7.81. The molecule has 2 aromatic rings. The van der Waals surface area contributed by atoms with Crippen molar-refractivity contribution in [1.29, 1.82) is 0 Å². The van der Waals surface area contributed by atoms with E-state index in [1.807, 2.05) is 12.1 Å². The largest absolute Gasteiger partial charge is 0.467 e. The van der Waals surface area contributed by atoms with Crippen molar-refractivity contribution in [2.75, 3.05) is 26.8 Å². The number of aromatic nitrogens is 1. The summed E-state index contributed by atoms with van der Waals surface area (Å²) in [5.41, 5.74) is 2.32. The summed E-state index contributed by atoms with van der Waals surface area (Å²) in [5, 5.41) is 1.15. The average Bonchev–Trinajstić information content (AvgIpc) is 2.54. The normalized spacial score (nSPS) is 22.2. The maximum atomic E-state index is 11.9. The second-order valence-corrected chi connectivity index (χ2v) is 6.28. The van der Waals surface area contributed by atoms with Crippen LogP contribution in [0.15, 0.2) is 30.3 Å². The second-order valence-electron chi connectivity index (χ2n) is 6.28. The number of hydrogen-bond donors (Lipinski definition) is 0. The molecule has 1 fully saturated rings. The number of esters is 1. The van der Waals surface area contributed by atoms with E-state index in [0.717, 1.165) is 23.1 Å². The van der Waals surface area contributed by atoms with E-state index in [0.29, 0.717) is 19.7 Å². The molecule has 0 amide bonds. The van der Waals surface area contributed by atoms with Crippen molar-refractivity contribution in [2.24, 2.45) is 0 Å². The van der Waals surface area contributed by atoms with Crippen molar-refractivity contribution in [1.82, 2.24) is 9.88 Å². The van der Waals surface area contributed by atoms with Crippen LogP contribution in [0.1, 0.15) is 18.2 Å². The van der Waals surface area contributed by atoms with Crippen LogP contribution in [-0.2, 0) is 20.8 Å². The van der Waals surface area contributed by atoms with Gasteiger partial charge < -0.3 is 9.47 Å². The summed E-state index contributed by atoms with van der Waals surface area (Å²) < 4.78 is 10.5. The molecule has 122 valence electrons. The Hall–Kier alpha value is -1.98. The number of morpholine rings is 1. The van der Waals surface area contributed by atoms with Crippen LogP contribution >= 0.6 is 0 Å². The molecule has 1 unspecified atom stereocenters. The second kappa shape index (κ2) is 6.26. The highest BCUT2D eigenvalue weighted by molar-refractivity contribution is 5.80. The molecule has 1 saturated heterocycles. The molecule has 1 aromatic carbocycles. The molecule has 0 bridgehead atoms. The zero-order chi connectivity index (χ0) is 16.4. The van der Waals surface area contributed by atoms with Gasteiger partial charge in [-0.1, -0.05) is 17.7 Å². The fourth-order valence-electron chi connectivity index (χ4n) is 3.03. The van der Waals surface area contributed by atoms with E-state index in [1.54, 1.807) is 6.92 Å². The number of fused-ring (bicyclic) bond motifs is 1. The Bertz CT molecular complexity index is 731. The van der Waals surface area contributed by atoms with Gasteiger partial charge in [0.1, 0.15) is 0 Å². The maximum Gasteiger partial charge on any atom is 0.339 e. The number of aryl methyl sites for hydroxylation is 1. The van der Waals surface area contributed by atoms with Gasteiger partial charge in [-0.3, -0.25) is 9.88 Å². The van der Waals surface area contributed by atoms with Crippen molar-refractivity contribution in [3.05, 3.63) is 41.6 Å². The van der Waals surface area contributed by atoms with E-state index in [9.17, 15) is 4.79 Å². The van der Waals surface area contributed by atoms with Gasteiger partial charge in [0.15, 0.2) is 5.60 Å². The fourth-order valence-corrected chi connectivity index (χ4v) is 3.03. The van der Waals surface area contributed by atoms with Crippen LogP contribution in [-0.4, -0.2) is 48.3 Å². The number of methoxy groups -OCH3 is 1. The van der Waals surface area contributed by atoms with E-state index in [-0.39, 0.29) is 5.97 Å². The smallest absolute Gasteiger partial charge is 0.339 e. The third-order valence-electron chi connectivity index (χ3n) is 4.26. The third kappa shape index (κ3) is 3.35. The molecule has 2 heterocycles. The van der Waals surface area contributed by atoms with Gasteiger partial charge in [-0.2, -0.15) is 0 Å². The molecule has 1 aliphatic heterocycles. The van der Waals surface area contributed by atoms with Crippen molar-refractivity contribution in [3.63, 3.8) is 0 Å². The highest BCUT2D eigenvalue weighted by atomic mass is 16.6. The molecular weight excluding hydrogens is 292 g/mol. The van der Waals surface area contributed by atoms with E-state index < -0.39 is 5.60 Å². The summed E-state index contributed by atoms with van der Waals surface area (Å²) in [6.07, 6.45) is 0. The predicted molar refractivity (Wildman–Crippen MR) is 88.1 cm³/mol. The van der Waals surface area contributed by atoms with Gasteiger partial charge in [-0.25, -0.2) is 4.79 Å². The van der Waals surface area contributed by atoms with Crippen LogP contribution in [0, 0.1) is 6.92 Å². The number of rotatable bonds is 3. The number of hydrogen-bond acceptors (Lipinski definition) is 5. The summed E-state index contributed by atoms with van der Waals surface area (Å²) in [5.74, 6) is -0.329. The lowest BCUT2D eigenvalue weighted by atomic mass is 10.0. The first-order valence-electron chi connectivity index (χ1n) is 7.81. The monoisotopic (exact) mass is 314 g/mol.